The molecule has 4 heteroatoms. The van der Waals surface area contributed by atoms with E-state index in [-0.39, 0.29) is 5.91 Å². The summed E-state index contributed by atoms with van der Waals surface area (Å²) in [7, 11) is 0. The molecular weight excluding hydrogens is 300 g/mol. The van der Waals surface area contributed by atoms with Crippen molar-refractivity contribution in [1.29, 1.82) is 0 Å². The zero-order chi connectivity index (χ0) is 17.2. The first-order valence-electron chi connectivity index (χ1n) is 9.33. The summed E-state index contributed by atoms with van der Waals surface area (Å²) in [6.07, 6.45) is 5.05. The van der Waals surface area contributed by atoms with Crippen LogP contribution in [0.3, 0.4) is 0 Å². The second kappa shape index (κ2) is 10.3. The Morgan fingerprint density at radius 3 is 2.79 bits per heavy atom. The lowest BCUT2D eigenvalue weighted by atomic mass is 9.93. The summed E-state index contributed by atoms with van der Waals surface area (Å²) in [5, 5.41) is 6.41. The second-order valence-corrected chi connectivity index (χ2v) is 7.15. The first-order valence-corrected chi connectivity index (χ1v) is 9.33. The third-order valence-corrected chi connectivity index (χ3v) is 4.64. The van der Waals surface area contributed by atoms with Gasteiger partial charge in [0.05, 0.1) is 6.61 Å². The largest absolute Gasteiger partial charge is 0.493 e. The van der Waals surface area contributed by atoms with Crippen LogP contribution in [0.15, 0.2) is 24.3 Å². The topological polar surface area (TPSA) is 50.4 Å². The highest BCUT2D eigenvalue weighted by atomic mass is 16.5. The minimum absolute atomic E-state index is 0.144. The third-order valence-electron chi connectivity index (χ3n) is 4.64. The molecule has 1 amide bonds. The van der Waals surface area contributed by atoms with E-state index in [1.165, 1.54) is 12.8 Å². The Hall–Kier alpha value is -1.55. The van der Waals surface area contributed by atoms with Crippen LogP contribution in [-0.2, 0) is 11.3 Å². The summed E-state index contributed by atoms with van der Waals surface area (Å²) in [6, 6.07) is 7.98. The number of carbonyl (C=O) groups excluding carboxylic acids is 1. The number of ether oxygens (including phenoxy) is 1. The van der Waals surface area contributed by atoms with Crippen molar-refractivity contribution < 1.29 is 9.53 Å². The molecule has 0 aliphatic carbocycles. The van der Waals surface area contributed by atoms with Crippen LogP contribution >= 0.6 is 0 Å². The van der Waals surface area contributed by atoms with Gasteiger partial charge in [0.25, 0.3) is 0 Å². The van der Waals surface area contributed by atoms with Crippen LogP contribution < -0.4 is 15.4 Å². The lowest BCUT2D eigenvalue weighted by Gasteiger charge is -2.22. The summed E-state index contributed by atoms with van der Waals surface area (Å²) >= 11 is 0. The first-order chi connectivity index (χ1) is 11.6. The van der Waals surface area contributed by atoms with E-state index in [1.807, 2.05) is 24.3 Å². The van der Waals surface area contributed by atoms with Crippen molar-refractivity contribution in [3.8, 4) is 5.75 Å². The fourth-order valence-electron chi connectivity index (χ4n) is 2.98. The molecule has 2 N–H and O–H groups in total. The molecule has 1 aliphatic heterocycles. The average molecular weight is 332 g/mol. The van der Waals surface area contributed by atoms with E-state index in [9.17, 15) is 4.79 Å². The molecule has 1 saturated heterocycles. The maximum atomic E-state index is 12.1. The number of rotatable bonds is 9. The van der Waals surface area contributed by atoms with Gasteiger partial charge in [0.2, 0.25) is 5.91 Å². The van der Waals surface area contributed by atoms with E-state index in [0.29, 0.717) is 24.8 Å². The van der Waals surface area contributed by atoms with Crippen LogP contribution in [0.25, 0.3) is 0 Å². The number of nitrogens with one attached hydrogen (secondary N) is 2. The number of carbonyl (C=O) groups is 1. The zero-order valence-electron chi connectivity index (χ0n) is 15.1. The number of benzene rings is 1. The van der Waals surface area contributed by atoms with Crippen molar-refractivity contribution >= 4 is 5.91 Å². The van der Waals surface area contributed by atoms with E-state index < -0.39 is 0 Å². The van der Waals surface area contributed by atoms with Crippen molar-refractivity contribution in [1.82, 2.24) is 10.6 Å². The molecule has 1 fully saturated rings. The Labute approximate surface area is 146 Å². The zero-order valence-corrected chi connectivity index (χ0v) is 15.1. The molecular formula is C20H32N2O2. The van der Waals surface area contributed by atoms with Gasteiger partial charge in [-0.05, 0) is 56.7 Å². The highest BCUT2D eigenvalue weighted by Crippen LogP contribution is 2.20. The summed E-state index contributed by atoms with van der Waals surface area (Å²) in [5.74, 6) is 2.36. The minimum atomic E-state index is 0.144. The van der Waals surface area contributed by atoms with E-state index in [2.05, 4.69) is 24.5 Å². The van der Waals surface area contributed by atoms with Crippen molar-refractivity contribution in [2.45, 2.75) is 52.5 Å². The Balaban J connectivity index is 1.73. The minimum Gasteiger partial charge on any atom is -0.493 e. The van der Waals surface area contributed by atoms with Crippen molar-refractivity contribution in [3.63, 3.8) is 0 Å². The van der Waals surface area contributed by atoms with Crippen molar-refractivity contribution in [2.75, 3.05) is 19.7 Å². The van der Waals surface area contributed by atoms with Crippen LogP contribution in [-0.4, -0.2) is 25.6 Å². The summed E-state index contributed by atoms with van der Waals surface area (Å²) in [4.78, 5) is 12.1. The van der Waals surface area contributed by atoms with Gasteiger partial charge in [-0.2, -0.15) is 0 Å². The Morgan fingerprint density at radius 1 is 1.29 bits per heavy atom. The Bertz CT molecular complexity index is 496. The molecule has 0 saturated carbocycles. The van der Waals surface area contributed by atoms with Crippen molar-refractivity contribution in [2.24, 2.45) is 11.8 Å². The van der Waals surface area contributed by atoms with E-state index in [1.54, 1.807) is 0 Å². The molecule has 1 heterocycles. The van der Waals surface area contributed by atoms with Gasteiger partial charge in [-0.25, -0.2) is 0 Å². The Kier molecular flexibility index (Phi) is 8.10. The fourth-order valence-corrected chi connectivity index (χ4v) is 2.98. The molecule has 0 aromatic heterocycles. The Morgan fingerprint density at radius 2 is 2.04 bits per heavy atom. The normalized spacial score (nSPS) is 15.5. The fraction of sp³-hybridized carbons (Fsp3) is 0.650. The molecule has 24 heavy (non-hydrogen) atoms. The van der Waals surface area contributed by atoms with Gasteiger partial charge in [0.1, 0.15) is 5.75 Å². The number of amides is 1. The molecule has 4 nitrogen and oxygen atoms in total. The van der Waals surface area contributed by atoms with Crippen LogP contribution in [0.5, 0.6) is 5.75 Å². The number of hydrogen-bond acceptors (Lipinski definition) is 3. The molecule has 1 aromatic rings. The maximum absolute atomic E-state index is 12.1. The molecule has 134 valence electrons. The van der Waals surface area contributed by atoms with Gasteiger partial charge < -0.3 is 15.4 Å². The predicted molar refractivity (Wildman–Crippen MR) is 98.1 cm³/mol. The molecule has 0 bridgehead atoms. The quantitative estimate of drug-likeness (QED) is 0.727. The SMILES string of the molecule is CC(C)CCOc1ccccc1CNC(=O)CCC1CCNCC1. The van der Waals surface area contributed by atoms with Crippen LogP contribution in [0.1, 0.15) is 51.5 Å². The maximum Gasteiger partial charge on any atom is 0.220 e. The predicted octanol–water partition coefficient (Wildman–Crippen LogP) is 3.51. The highest BCUT2D eigenvalue weighted by Gasteiger charge is 2.14. The highest BCUT2D eigenvalue weighted by molar-refractivity contribution is 5.75. The first kappa shape index (κ1) is 18.8. The number of hydrogen-bond donors (Lipinski definition) is 2. The molecule has 0 spiro atoms. The van der Waals surface area contributed by atoms with E-state index >= 15 is 0 Å². The number of para-hydroxylation sites is 1. The molecule has 0 atom stereocenters. The summed E-state index contributed by atoms with van der Waals surface area (Å²) in [6.45, 7) is 7.83. The van der Waals surface area contributed by atoms with E-state index in [4.69, 9.17) is 4.74 Å². The van der Waals surface area contributed by atoms with Crippen LogP contribution in [0, 0.1) is 11.8 Å². The van der Waals surface area contributed by atoms with Gasteiger partial charge in [-0.15, -0.1) is 0 Å². The van der Waals surface area contributed by atoms with Gasteiger partial charge in [0, 0.05) is 18.5 Å². The van der Waals surface area contributed by atoms with Gasteiger partial charge in [0.15, 0.2) is 0 Å². The lowest BCUT2D eigenvalue weighted by molar-refractivity contribution is -0.121. The molecule has 0 radical (unpaired) electrons. The molecule has 2 rings (SSSR count). The van der Waals surface area contributed by atoms with Gasteiger partial charge >= 0.3 is 0 Å². The lowest BCUT2D eigenvalue weighted by Crippen LogP contribution is -2.29. The number of piperidine rings is 1. The van der Waals surface area contributed by atoms with Crippen molar-refractivity contribution in [3.05, 3.63) is 29.8 Å². The molecule has 1 aliphatic rings. The standard InChI is InChI=1S/C20H32N2O2/c1-16(2)11-14-24-19-6-4-3-5-18(19)15-22-20(23)8-7-17-9-12-21-13-10-17/h3-6,16-17,21H,7-15H2,1-2H3,(H,22,23). The summed E-state index contributed by atoms with van der Waals surface area (Å²) < 4.78 is 5.88. The molecule has 1 aromatic carbocycles. The van der Waals surface area contributed by atoms with Crippen LogP contribution in [0.4, 0.5) is 0 Å². The average Bonchev–Trinajstić information content (AvgIpc) is 2.59. The second-order valence-electron chi connectivity index (χ2n) is 7.15. The van der Waals surface area contributed by atoms with Gasteiger partial charge in [-0.3, -0.25) is 4.79 Å². The smallest absolute Gasteiger partial charge is 0.220 e. The van der Waals surface area contributed by atoms with E-state index in [0.717, 1.165) is 43.9 Å². The summed E-state index contributed by atoms with van der Waals surface area (Å²) in [5.41, 5.74) is 1.05. The monoisotopic (exact) mass is 332 g/mol. The molecule has 0 unspecified atom stereocenters. The van der Waals surface area contributed by atoms with Crippen LogP contribution in [0.2, 0.25) is 0 Å². The third kappa shape index (κ3) is 6.91. The van der Waals surface area contributed by atoms with Gasteiger partial charge in [-0.1, -0.05) is 32.0 Å².